The van der Waals surface area contributed by atoms with Gasteiger partial charge in [0.25, 0.3) is 0 Å². The summed E-state index contributed by atoms with van der Waals surface area (Å²) in [6, 6.07) is 0.478. The highest BCUT2D eigenvalue weighted by Gasteiger charge is 2.25. The van der Waals surface area contributed by atoms with E-state index < -0.39 is 0 Å². The quantitative estimate of drug-likeness (QED) is 0.771. The predicted octanol–water partition coefficient (Wildman–Crippen LogP) is 3.18. The Balaban J connectivity index is 2.35. The summed E-state index contributed by atoms with van der Waals surface area (Å²) >= 11 is 0. The maximum Gasteiger partial charge on any atom is 0.222 e. The first-order valence-electron chi connectivity index (χ1n) is 8.04. The van der Waals surface area contributed by atoms with E-state index in [0.29, 0.717) is 24.3 Å². The molecule has 1 saturated carbocycles. The van der Waals surface area contributed by atoms with Crippen LogP contribution in [0.3, 0.4) is 0 Å². The Bertz CT molecular complexity index is 267. The Morgan fingerprint density at radius 2 is 2.11 bits per heavy atom. The van der Waals surface area contributed by atoms with Crippen molar-refractivity contribution in [3.8, 4) is 0 Å². The van der Waals surface area contributed by atoms with Crippen LogP contribution in [0.5, 0.6) is 0 Å². The van der Waals surface area contributed by atoms with Crippen LogP contribution in [0.4, 0.5) is 0 Å². The molecule has 0 heterocycles. The van der Waals surface area contributed by atoms with E-state index in [0.717, 1.165) is 31.7 Å². The molecule has 1 aliphatic rings. The largest absolute Gasteiger partial charge is 0.343 e. The molecule has 112 valence electrons. The monoisotopic (exact) mass is 268 g/mol. The van der Waals surface area contributed by atoms with Crippen molar-refractivity contribution < 1.29 is 4.79 Å². The summed E-state index contributed by atoms with van der Waals surface area (Å²) in [6.45, 7) is 5.23. The SMILES string of the molecule is CCC(CCN)CCC(=O)N(C)C1CCCC(C)C1. The lowest BCUT2D eigenvalue weighted by Crippen LogP contribution is -2.39. The number of carbonyl (C=O) groups is 1. The molecule has 0 aromatic heterocycles. The molecular weight excluding hydrogens is 236 g/mol. The van der Waals surface area contributed by atoms with E-state index in [1.165, 1.54) is 25.7 Å². The van der Waals surface area contributed by atoms with Gasteiger partial charge in [0.1, 0.15) is 0 Å². The van der Waals surface area contributed by atoms with Gasteiger partial charge in [0.15, 0.2) is 0 Å². The van der Waals surface area contributed by atoms with Crippen LogP contribution in [0.25, 0.3) is 0 Å². The van der Waals surface area contributed by atoms with E-state index >= 15 is 0 Å². The highest BCUT2D eigenvalue weighted by molar-refractivity contribution is 5.76. The molecule has 0 aromatic rings. The van der Waals surface area contributed by atoms with E-state index in [1.807, 2.05) is 11.9 Å². The molecule has 0 saturated heterocycles. The normalized spacial score (nSPS) is 25.1. The van der Waals surface area contributed by atoms with Crippen molar-refractivity contribution in [3.05, 3.63) is 0 Å². The third-order valence-electron chi connectivity index (χ3n) is 4.77. The van der Waals surface area contributed by atoms with Crippen molar-refractivity contribution in [1.29, 1.82) is 0 Å². The number of nitrogens with two attached hydrogens (primary N) is 1. The maximum atomic E-state index is 12.3. The van der Waals surface area contributed by atoms with Crippen molar-refractivity contribution in [2.24, 2.45) is 17.6 Å². The summed E-state index contributed by atoms with van der Waals surface area (Å²) in [7, 11) is 1.99. The standard InChI is InChI=1S/C16H32N2O/c1-4-14(10-11-17)8-9-16(19)18(3)15-7-5-6-13(2)12-15/h13-15H,4-12,17H2,1-3H3. The van der Waals surface area contributed by atoms with Crippen molar-refractivity contribution in [2.75, 3.05) is 13.6 Å². The van der Waals surface area contributed by atoms with Gasteiger partial charge in [0.05, 0.1) is 0 Å². The smallest absolute Gasteiger partial charge is 0.222 e. The van der Waals surface area contributed by atoms with Crippen LogP contribution in [0.1, 0.15) is 65.2 Å². The highest BCUT2D eigenvalue weighted by Crippen LogP contribution is 2.27. The Labute approximate surface area is 118 Å². The second-order valence-electron chi connectivity index (χ2n) is 6.32. The van der Waals surface area contributed by atoms with Crippen LogP contribution in [-0.2, 0) is 4.79 Å². The minimum atomic E-state index is 0.328. The number of rotatable bonds is 7. The first-order valence-corrected chi connectivity index (χ1v) is 8.04. The summed E-state index contributed by atoms with van der Waals surface area (Å²) in [5, 5.41) is 0. The van der Waals surface area contributed by atoms with E-state index in [-0.39, 0.29) is 0 Å². The van der Waals surface area contributed by atoms with Gasteiger partial charge >= 0.3 is 0 Å². The molecule has 2 N–H and O–H groups in total. The van der Waals surface area contributed by atoms with Gasteiger partial charge in [0.2, 0.25) is 5.91 Å². The molecule has 0 spiro atoms. The molecule has 3 unspecified atom stereocenters. The summed E-state index contributed by atoms with van der Waals surface area (Å²) in [5.74, 6) is 1.72. The van der Waals surface area contributed by atoms with Crippen LogP contribution in [-0.4, -0.2) is 30.4 Å². The number of hydrogen-bond acceptors (Lipinski definition) is 2. The van der Waals surface area contributed by atoms with E-state index in [1.54, 1.807) is 0 Å². The molecule has 19 heavy (non-hydrogen) atoms. The second kappa shape index (κ2) is 8.57. The van der Waals surface area contributed by atoms with E-state index in [2.05, 4.69) is 13.8 Å². The first-order chi connectivity index (χ1) is 9.08. The zero-order valence-electron chi connectivity index (χ0n) is 13.0. The summed E-state index contributed by atoms with van der Waals surface area (Å²) < 4.78 is 0. The first kappa shape index (κ1) is 16.5. The Morgan fingerprint density at radius 3 is 2.68 bits per heavy atom. The lowest BCUT2D eigenvalue weighted by molar-refractivity contribution is -0.133. The lowest BCUT2D eigenvalue weighted by atomic mass is 9.86. The minimum Gasteiger partial charge on any atom is -0.343 e. The van der Waals surface area contributed by atoms with Crippen molar-refractivity contribution in [2.45, 2.75) is 71.3 Å². The van der Waals surface area contributed by atoms with Gasteiger partial charge in [-0.1, -0.05) is 33.1 Å². The highest BCUT2D eigenvalue weighted by atomic mass is 16.2. The zero-order valence-corrected chi connectivity index (χ0v) is 13.0. The third-order valence-corrected chi connectivity index (χ3v) is 4.77. The van der Waals surface area contributed by atoms with Gasteiger partial charge in [-0.25, -0.2) is 0 Å². The molecule has 0 radical (unpaired) electrons. The molecular formula is C16H32N2O. The van der Waals surface area contributed by atoms with Gasteiger partial charge < -0.3 is 10.6 Å². The molecule has 3 heteroatoms. The molecule has 0 bridgehead atoms. The lowest BCUT2D eigenvalue weighted by Gasteiger charge is -2.34. The Kier molecular flexibility index (Phi) is 7.44. The molecule has 1 rings (SSSR count). The van der Waals surface area contributed by atoms with Gasteiger partial charge in [0, 0.05) is 19.5 Å². The maximum absolute atomic E-state index is 12.3. The molecule has 3 atom stereocenters. The van der Waals surface area contributed by atoms with Gasteiger partial charge in [-0.2, -0.15) is 0 Å². The van der Waals surface area contributed by atoms with Crippen LogP contribution in [0, 0.1) is 11.8 Å². The third kappa shape index (κ3) is 5.52. The summed E-state index contributed by atoms with van der Waals surface area (Å²) in [5.41, 5.74) is 5.61. The molecule has 1 aliphatic carbocycles. The van der Waals surface area contributed by atoms with Crippen molar-refractivity contribution in [1.82, 2.24) is 4.90 Å². The van der Waals surface area contributed by atoms with Gasteiger partial charge in [-0.05, 0) is 44.1 Å². The van der Waals surface area contributed by atoms with Gasteiger partial charge in [-0.15, -0.1) is 0 Å². The molecule has 1 amide bonds. The fraction of sp³-hybridized carbons (Fsp3) is 0.938. The van der Waals surface area contributed by atoms with Gasteiger partial charge in [-0.3, -0.25) is 4.79 Å². The van der Waals surface area contributed by atoms with Crippen LogP contribution >= 0.6 is 0 Å². The topological polar surface area (TPSA) is 46.3 Å². The Morgan fingerprint density at radius 1 is 1.37 bits per heavy atom. The zero-order chi connectivity index (χ0) is 14.3. The minimum absolute atomic E-state index is 0.328. The molecule has 0 aromatic carbocycles. The van der Waals surface area contributed by atoms with E-state index in [4.69, 9.17) is 5.73 Å². The summed E-state index contributed by atoms with van der Waals surface area (Å²) in [6.07, 6.45) is 8.84. The van der Waals surface area contributed by atoms with Crippen LogP contribution in [0.15, 0.2) is 0 Å². The molecule has 1 fully saturated rings. The second-order valence-corrected chi connectivity index (χ2v) is 6.32. The number of hydrogen-bond donors (Lipinski definition) is 1. The van der Waals surface area contributed by atoms with Crippen LogP contribution in [0.2, 0.25) is 0 Å². The Hall–Kier alpha value is -0.570. The number of nitrogens with zero attached hydrogens (tertiary/aromatic N) is 1. The fourth-order valence-electron chi connectivity index (χ4n) is 3.25. The number of carbonyl (C=O) groups excluding carboxylic acids is 1. The molecule has 0 aliphatic heterocycles. The van der Waals surface area contributed by atoms with E-state index in [9.17, 15) is 4.79 Å². The van der Waals surface area contributed by atoms with Crippen molar-refractivity contribution in [3.63, 3.8) is 0 Å². The van der Waals surface area contributed by atoms with Crippen LogP contribution < -0.4 is 5.73 Å². The average Bonchev–Trinajstić information content (AvgIpc) is 2.42. The predicted molar refractivity (Wildman–Crippen MR) is 80.9 cm³/mol. The number of amides is 1. The molecule has 3 nitrogen and oxygen atoms in total. The van der Waals surface area contributed by atoms with Crippen molar-refractivity contribution >= 4 is 5.91 Å². The summed E-state index contributed by atoms with van der Waals surface area (Å²) in [4.78, 5) is 14.3. The fourth-order valence-corrected chi connectivity index (χ4v) is 3.25. The average molecular weight is 268 g/mol.